The zero-order valence-corrected chi connectivity index (χ0v) is 24.3. The van der Waals surface area contributed by atoms with Gasteiger partial charge >= 0.3 is 0 Å². The normalized spacial score (nSPS) is 20.7. The van der Waals surface area contributed by atoms with Crippen LogP contribution in [0.4, 0.5) is 0 Å². The molecule has 230 valence electrons. The van der Waals surface area contributed by atoms with Gasteiger partial charge in [-0.15, -0.1) is 0 Å². The van der Waals surface area contributed by atoms with Gasteiger partial charge in [-0.25, -0.2) is 0 Å². The van der Waals surface area contributed by atoms with Crippen LogP contribution in [-0.4, -0.2) is 63.7 Å². The van der Waals surface area contributed by atoms with Crippen LogP contribution in [0.3, 0.4) is 0 Å². The third kappa shape index (κ3) is 9.04. The van der Waals surface area contributed by atoms with E-state index in [2.05, 4.69) is 16.0 Å². The minimum absolute atomic E-state index is 0.0332. The Hall–Kier alpha value is -4.41. The molecular weight excluding hydrogens is 550 g/mol. The number of carbonyl (C=O) groups is 5. The fraction of sp³-hybridized carbons (Fsp3) is 0.469. The summed E-state index contributed by atoms with van der Waals surface area (Å²) in [5, 5.41) is 17.9. The van der Waals surface area contributed by atoms with Crippen LogP contribution in [-0.2, 0) is 36.9 Å². The lowest BCUT2D eigenvalue weighted by atomic mass is 9.98. The third-order valence-electron chi connectivity index (χ3n) is 8.17. The maximum atomic E-state index is 13.8. The Morgan fingerprint density at radius 1 is 0.907 bits per heavy atom. The first-order valence-electron chi connectivity index (χ1n) is 15.0. The van der Waals surface area contributed by atoms with E-state index in [0.29, 0.717) is 25.7 Å². The zero-order valence-electron chi connectivity index (χ0n) is 24.3. The summed E-state index contributed by atoms with van der Waals surface area (Å²) in [7, 11) is 0. The summed E-state index contributed by atoms with van der Waals surface area (Å²) in [6.07, 6.45) is 4.58. The Balaban J connectivity index is 1.40. The second kappa shape index (κ2) is 15.2. The number of hydrogen-bond donors (Lipinski definition) is 5. The highest BCUT2D eigenvalue weighted by Gasteiger charge is 2.44. The van der Waals surface area contributed by atoms with E-state index in [0.717, 1.165) is 30.4 Å². The lowest BCUT2D eigenvalue weighted by Gasteiger charge is -2.35. The van der Waals surface area contributed by atoms with Crippen molar-refractivity contribution in [3.63, 3.8) is 0 Å². The summed E-state index contributed by atoms with van der Waals surface area (Å²) >= 11 is 0. The summed E-state index contributed by atoms with van der Waals surface area (Å²) in [6, 6.07) is 13.3. The van der Waals surface area contributed by atoms with E-state index < -0.39 is 35.8 Å². The van der Waals surface area contributed by atoms with Gasteiger partial charge in [-0.3, -0.25) is 24.0 Å². The summed E-state index contributed by atoms with van der Waals surface area (Å²) in [5.74, 6) is -1.88. The quantitative estimate of drug-likeness (QED) is 0.252. The van der Waals surface area contributed by atoms with Crippen LogP contribution in [0, 0.1) is 0 Å². The minimum atomic E-state index is -0.997. The van der Waals surface area contributed by atoms with E-state index in [4.69, 9.17) is 5.73 Å². The number of fused-ring (bicyclic) bond motifs is 1. The van der Waals surface area contributed by atoms with Gasteiger partial charge in [-0.05, 0) is 61.8 Å². The van der Waals surface area contributed by atoms with Gasteiger partial charge in [0.1, 0.15) is 23.9 Å². The fourth-order valence-corrected chi connectivity index (χ4v) is 5.84. The van der Waals surface area contributed by atoms with Gasteiger partial charge in [0, 0.05) is 25.4 Å². The molecule has 5 amide bonds. The number of carbonyl (C=O) groups excluding carboxylic acids is 5. The molecule has 2 aliphatic rings. The fourth-order valence-electron chi connectivity index (χ4n) is 5.84. The van der Waals surface area contributed by atoms with Crippen LogP contribution < -0.4 is 21.7 Å². The number of nitrogens with one attached hydrogen (secondary N) is 3. The molecule has 0 aliphatic carbocycles. The van der Waals surface area contributed by atoms with Gasteiger partial charge < -0.3 is 31.7 Å². The van der Waals surface area contributed by atoms with Gasteiger partial charge in [-0.1, -0.05) is 55.3 Å². The van der Waals surface area contributed by atoms with Crippen molar-refractivity contribution in [2.24, 2.45) is 5.73 Å². The molecule has 2 heterocycles. The molecule has 4 rings (SSSR count). The minimum Gasteiger partial charge on any atom is -0.508 e. The van der Waals surface area contributed by atoms with Crippen molar-refractivity contribution < 1.29 is 29.1 Å². The summed E-state index contributed by atoms with van der Waals surface area (Å²) < 4.78 is 0. The molecule has 0 radical (unpaired) electrons. The van der Waals surface area contributed by atoms with Crippen molar-refractivity contribution >= 4 is 29.5 Å². The van der Waals surface area contributed by atoms with E-state index in [-0.39, 0.29) is 49.4 Å². The topological polar surface area (TPSA) is 171 Å². The standard InChI is InChI=1S/C32H41N5O6/c33-28(39)18-16-25(30(41)34-20-22-6-2-1-3-7-22)36-31(42)27-17-13-23-8-4-5-9-26(32(43)37(23)27)35-29(40)19-12-21-10-14-24(38)15-11-21/h1-3,6-7,10-11,14-15,23,25-27,38H,4-5,8-9,12-13,16-20H2,(H2,33,39)(H,34,41)(H,35,40)(H,36,42)/t23?,25-,26-,27-/m0/s1. The highest BCUT2D eigenvalue weighted by atomic mass is 16.3. The van der Waals surface area contributed by atoms with Crippen LogP contribution in [0.5, 0.6) is 5.75 Å². The highest BCUT2D eigenvalue weighted by molar-refractivity contribution is 5.95. The average Bonchev–Trinajstić information content (AvgIpc) is 3.42. The number of phenolic OH excluding ortho intramolecular Hbond substituents is 1. The molecule has 0 spiro atoms. The van der Waals surface area contributed by atoms with Crippen LogP contribution >= 0.6 is 0 Å². The summed E-state index contributed by atoms with van der Waals surface area (Å²) in [5.41, 5.74) is 7.11. The molecule has 0 aromatic heterocycles. The van der Waals surface area contributed by atoms with Crippen molar-refractivity contribution in [1.82, 2.24) is 20.9 Å². The van der Waals surface area contributed by atoms with Gasteiger partial charge in [0.15, 0.2) is 0 Å². The predicted octanol–water partition coefficient (Wildman–Crippen LogP) is 1.81. The Morgan fingerprint density at radius 2 is 1.63 bits per heavy atom. The van der Waals surface area contributed by atoms with Crippen molar-refractivity contribution in [1.29, 1.82) is 0 Å². The van der Waals surface area contributed by atoms with E-state index in [9.17, 15) is 29.1 Å². The van der Waals surface area contributed by atoms with Crippen LogP contribution in [0.15, 0.2) is 54.6 Å². The predicted molar refractivity (Wildman–Crippen MR) is 159 cm³/mol. The summed E-state index contributed by atoms with van der Waals surface area (Å²) in [6.45, 7) is 0.257. The molecule has 0 saturated carbocycles. The molecule has 2 aliphatic heterocycles. The first-order valence-corrected chi connectivity index (χ1v) is 15.0. The van der Waals surface area contributed by atoms with E-state index in [1.54, 1.807) is 29.2 Å². The highest BCUT2D eigenvalue weighted by Crippen LogP contribution is 2.31. The maximum Gasteiger partial charge on any atom is 0.246 e. The van der Waals surface area contributed by atoms with Gasteiger partial charge in [0.05, 0.1) is 0 Å². The number of amides is 5. The first kappa shape index (κ1) is 31.5. The molecule has 43 heavy (non-hydrogen) atoms. The maximum absolute atomic E-state index is 13.8. The third-order valence-corrected chi connectivity index (χ3v) is 8.17. The molecule has 2 fully saturated rings. The van der Waals surface area contributed by atoms with Crippen LogP contribution in [0.25, 0.3) is 0 Å². The van der Waals surface area contributed by atoms with Crippen LogP contribution in [0.1, 0.15) is 68.9 Å². The van der Waals surface area contributed by atoms with E-state index >= 15 is 0 Å². The number of aromatic hydroxyl groups is 1. The average molecular weight is 592 g/mol. The number of benzene rings is 2. The van der Waals surface area contributed by atoms with Gasteiger partial charge in [0.25, 0.3) is 0 Å². The molecule has 11 nitrogen and oxygen atoms in total. The summed E-state index contributed by atoms with van der Waals surface area (Å²) in [4.78, 5) is 66.4. The van der Waals surface area contributed by atoms with Crippen molar-refractivity contribution in [3.8, 4) is 5.75 Å². The number of primary amides is 1. The van der Waals surface area contributed by atoms with E-state index in [1.165, 1.54) is 0 Å². The second-order valence-electron chi connectivity index (χ2n) is 11.3. The first-order chi connectivity index (χ1) is 20.7. The van der Waals surface area contributed by atoms with Crippen molar-refractivity contribution in [2.45, 2.75) is 94.9 Å². The SMILES string of the molecule is NC(=O)CC[C@H](NC(=O)[C@@H]1CCC2CCCC[C@H](NC(=O)CCc3ccc(O)cc3)C(=O)N21)C(=O)NCc1ccccc1. The van der Waals surface area contributed by atoms with E-state index in [1.807, 2.05) is 30.3 Å². The van der Waals surface area contributed by atoms with Crippen LogP contribution in [0.2, 0.25) is 0 Å². The number of nitrogens with two attached hydrogens (primary N) is 1. The van der Waals surface area contributed by atoms with Gasteiger partial charge in [0.2, 0.25) is 29.5 Å². The molecule has 6 N–H and O–H groups in total. The molecule has 4 atom stereocenters. The molecule has 2 aromatic carbocycles. The molecule has 11 heteroatoms. The van der Waals surface area contributed by atoms with Crippen molar-refractivity contribution in [2.75, 3.05) is 0 Å². The Bertz CT molecular complexity index is 1280. The number of hydrogen-bond acceptors (Lipinski definition) is 6. The molecule has 2 saturated heterocycles. The Labute approximate surface area is 251 Å². The number of aryl methyl sites for hydroxylation is 1. The number of rotatable bonds is 12. The lowest BCUT2D eigenvalue weighted by molar-refractivity contribution is -0.144. The monoisotopic (exact) mass is 591 g/mol. The molecule has 1 unspecified atom stereocenters. The second-order valence-corrected chi connectivity index (χ2v) is 11.3. The largest absolute Gasteiger partial charge is 0.508 e. The molecule has 2 aromatic rings. The Kier molecular flexibility index (Phi) is 11.1. The Morgan fingerprint density at radius 3 is 2.35 bits per heavy atom. The smallest absolute Gasteiger partial charge is 0.246 e. The van der Waals surface area contributed by atoms with Gasteiger partial charge in [-0.2, -0.15) is 0 Å². The van der Waals surface area contributed by atoms with Crippen molar-refractivity contribution in [3.05, 3.63) is 65.7 Å². The molecular formula is C32H41N5O6. The number of phenols is 1. The molecule has 0 bridgehead atoms. The lowest BCUT2D eigenvalue weighted by Crippen LogP contribution is -2.58. The number of nitrogens with zero attached hydrogens (tertiary/aromatic N) is 1. The zero-order chi connectivity index (χ0) is 30.8.